The summed E-state index contributed by atoms with van der Waals surface area (Å²) in [5, 5.41) is 5.10. The smallest absolute Gasteiger partial charge is 0.387 e. The highest BCUT2D eigenvalue weighted by atomic mass is 32.2. The summed E-state index contributed by atoms with van der Waals surface area (Å²) in [7, 11) is 3.88. The predicted molar refractivity (Wildman–Crippen MR) is 145 cm³/mol. The molecule has 11 heteroatoms. The molecule has 0 unspecified atom stereocenters. The quantitative estimate of drug-likeness (QED) is 0.376. The first-order chi connectivity index (χ1) is 17.8. The van der Waals surface area contributed by atoms with Gasteiger partial charge in [0.15, 0.2) is 5.17 Å². The number of anilines is 2. The molecule has 1 N–H and O–H groups in total. The van der Waals surface area contributed by atoms with Crippen LogP contribution in [-0.4, -0.2) is 43.4 Å². The Balaban J connectivity index is 1.54. The molecule has 192 valence electrons. The Morgan fingerprint density at radius 2 is 1.89 bits per heavy atom. The molecule has 0 radical (unpaired) electrons. The minimum atomic E-state index is -2.95. The number of alkyl halides is 2. The second-order valence-electron chi connectivity index (χ2n) is 8.07. The van der Waals surface area contributed by atoms with E-state index in [1.807, 2.05) is 60.8 Å². The van der Waals surface area contributed by atoms with Crippen LogP contribution in [0.1, 0.15) is 10.4 Å². The Kier molecular flexibility index (Phi) is 8.57. The number of benzene rings is 2. The lowest BCUT2D eigenvalue weighted by Gasteiger charge is -2.18. The van der Waals surface area contributed by atoms with E-state index in [0.717, 1.165) is 27.9 Å². The fraction of sp³-hybridized carbons (Fsp3) is 0.192. The zero-order valence-electron chi connectivity index (χ0n) is 20.1. The van der Waals surface area contributed by atoms with Crippen molar-refractivity contribution in [2.24, 2.45) is 4.99 Å². The van der Waals surface area contributed by atoms with E-state index in [-0.39, 0.29) is 29.0 Å². The molecule has 0 spiro atoms. The van der Waals surface area contributed by atoms with Crippen molar-refractivity contribution in [3.8, 4) is 5.75 Å². The zero-order chi connectivity index (χ0) is 26.4. The third kappa shape index (κ3) is 6.95. The van der Waals surface area contributed by atoms with Gasteiger partial charge in [0.05, 0.1) is 18.0 Å². The summed E-state index contributed by atoms with van der Waals surface area (Å²) in [6.45, 7) is -2.53. The lowest BCUT2D eigenvalue weighted by atomic mass is 10.1. The van der Waals surface area contributed by atoms with Gasteiger partial charge in [-0.1, -0.05) is 30.0 Å². The molecule has 37 heavy (non-hydrogen) atoms. The highest BCUT2D eigenvalue weighted by molar-refractivity contribution is 8.14. The van der Waals surface area contributed by atoms with Crippen LogP contribution in [0.5, 0.6) is 5.75 Å². The lowest BCUT2D eigenvalue weighted by molar-refractivity contribution is -0.118. The van der Waals surface area contributed by atoms with Crippen LogP contribution >= 0.6 is 23.1 Å². The SMILES string of the molecule is CN(C)c1ccc(/C=C2/N=C(SCC(=O)NCc3cccs3)N(c3ccc(OC(F)F)cc3)C2=O)cc1. The van der Waals surface area contributed by atoms with E-state index in [1.54, 1.807) is 17.4 Å². The van der Waals surface area contributed by atoms with Crippen molar-refractivity contribution in [1.29, 1.82) is 0 Å². The normalized spacial score (nSPS) is 14.3. The van der Waals surface area contributed by atoms with Crippen LogP contribution in [-0.2, 0) is 16.1 Å². The van der Waals surface area contributed by atoms with Gasteiger partial charge in [0.1, 0.15) is 11.4 Å². The largest absolute Gasteiger partial charge is 0.435 e. The Morgan fingerprint density at radius 1 is 1.16 bits per heavy atom. The lowest BCUT2D eigenvalue weighted by Crippen LogP contribution is -2.32. The van der Waals surface area contributed by atoms with Crippen LogP contribution in [0.4, 0.5) is 20.2 Å². The van der Waals surface area contributed by atoms with Crippen molar-refractivity contribution >= 4 is 57.5 Å². The van der Waals surface area contributed by atoms with Crippen molar-refractivity contribution in [1.82, 2.24) is 5.32 Å². The molecule has 0 bridgehead atoms. The van der Waals surface area contributed by atoms with Gasteiger partial charge < -0.3 is 15.0 Å². The fourth-order valence-corrected chi connectivity index (χ4v) is 4.89. The van der Waals surface area contributed by atoms with E-state index in [1.165, 1.54) is 29.2 Å². The number of nitrogens with zero attached hydrogens (tertiary/aromatic N) is 3. The van der Waals surface area contributed by atoms with Gasteiger partial charge in [-0.05, 0) is 59.5 Å². The summed E-state index contributed by atoms with van der Waals surface area (Å²) in [6, 6.07) is 17.2. The van der Waals surface area contributed by atoms with E-state index in [4.69, 9.17) is 0 Å². The number of hydrogen-bond donors (Lipinski definition) is 1. The number of carbonyl (C=O) groups is 2. The molecule has 1 aliphatic heterocycles. The Hall–Kier alpha value is -3.70. The number of rotatable bonds is 9. The van der Waals surface area contributed by atoms with Crippen molar-refractivity contribution in [3.63, 3.8) is 0 Å². The van der Waals surface area contributed by atoms with Crippen molar-refractivity contribution in [3.05, 3.63) is 82.2 Å². The van der Waals surface area contributed by atoms with Crippen LogP contribution in [0.15, 0.2) is 76.7 Å². The maximum atomic E-state index is 13.4. The number of halogens is 2. The van der Waals surface area contributed by atoms with E-state index in [9.17, 15) is 18.4 Å². The van der Waals surface area contributed by atoms with E-state index < -0.39 is 6.61 Å². The van der Waals surface area contributed by atoms with E-state index >= 15 is 0 Å². The minimum absolute atomic E-state index is 0.0266. The van der Waals surface area contributed by atoms with Crippen LogP contribution in [0.2, 0.25) is 0 Å². The third-order valence-corrected chi connectivity index (χ3v) is 7.05. The van der Waals surface area contributed by atoms with Gasteiger partial charge in [-0.15, -0.1) is 11.3 Å². The van der Waals surface area contributed by atoms with E-state index in [2.05, 4.69) is 15.0 Å². The molecule has 0 saturated carbocycles. The maximum Gasteiger partial charge on any atom is 0.387 e. The second kappa shape index (κ2) is 12.0. The van der Waals surface area contributed by atoms with Gasteiger partial charge in [0, 0.05) is 24.7 Å². The average molecular weight is 543 g/mol. The van der Waals surface area contributed by atoms with Crippen molar-refractivity contribution in [2.45, 2.75) is 13.2 Å². The topological polar surface area (TPSA) is 74.2 Å². The molecule has 2 amide bonds. The Morgan fingerprint density at radius 3 is 2.51 bits per heavy atom. The van der Waals surface area contributed by atoms with E-state index in [0.29, 0.717) is 17.4 Å². The second-order valence-corrected chi connectivity index (χ2v) is 10.0. The summed E-state index contributed by atoms with van der Waals surface area (Å²) in [5.74, 6) is -0.571. The summed E-state index contributed by atoms with van der Waals surface area (Å²) < 4.78 is 29.5. The fourth-order valence-electron chi connectivity index (χ4n) is 3.40. The molecular formula is C26H24F2N4O3S2. The van der Waals surface area contributed by atoms with Gasteiger partial charge >= 0.3 is 6.61 Å². The molecule has 2 heterocycles. The molecule has 0 aliphatic carbocycles. The maximum absolute atomic E-state index is 13.4. The monoisotopic (exact) mass is 542 g/mol. The Bertz CT molecular complexity index is 1290. The molecule has 3 aromatic rings. The zero-order valence-corrected chi connectivity index (χ0v) is 21.7. The summed E-state index contributed by atoms with van der Waals surface area (Å²) in [4.78, 5) is 34.7. The molecule has 0 saturated heterocycles. The number of thioether (sulfide) groups is 1. The first kappa shape index (κ1) is 26.4. The summed E-state index contributed by atoms with van der Waals surface area (Å²) in [5.41, 5.74) is 2.43. The number of aliphatic imine (C=N–C) groups is 1. The number of carbonyl (C=O) groups excluding carboxylic acids is 2. The number of hydrogen-bond acceptors (Lipinski definition) is 7. The first-order valence-electron chi connectivity index (χ1n) is 11.2. The van der Waals surface area contributed by atoms with Gasteiger partial charge in [-0.25, -0.2) is 4.99 Å². The molecule has 1 aromatic heterocycles. The standard InChI is InChI=1S/C26H24F2N4O3S2/c1-31(2)18-7-5-17(6-8-18)14-22-24(34)32(19-9-11-20(12-10-19)35-25(27)28)26(30-22)37-16-23(33)29-15-21-4-3-13-36-21/h3-14,25H,15-16H2,1-2H3,(H,29,33)/b22-14+. The van der Waals surface area contributed by atoms with Crippen LogP contribution in [0, 0.1) is 0 Å². The number of amides is 2. The molecule has 4 rings (SSSR count). The Labute approximate surface area is 221 Å². The molecule has 0 atom stereocenters. The van der Waals surface area contributed by atoms with Crippen LogP contribution in [0.3, 0.4) is 0 Å². The van der Waals surface area contributed by atoms with Crippen LogP contribution < -0.4 is 19.9 Å². The molecular weight excluding hydrogens is 518 g/mol. The van der Waals surface area contributed by atoms with Crippen molar-refractivity contribution in [2.75, 3.05) is 29.6 Å². The van der Waals surface area contributed by atoms with Gasteiger partial charge in [-0.2, -0.15) is 8.78 Å². The third-order valence-electron chi connectivity index (χ3n) is 5.23. The van der Waals surface area contributed by atoms with Gasteiger partial charge in [-0.3, -0.25) is 14.5 Å². The number of ether oxygens (including phenoxy) is 1. The van der Waals surface area contributed by atoms with Gasteiger partial charge in [0.2, 0.25) is 5.91 Å². The molecule has 1 aliphatic rings. The minimum Gasteiger partial charge on any atom is -0.435 e. The summed E-state index contributed by atoms with van der Waals surface area (Å²) in [6.07, 6.45) is 1.67. The number of thiophene rings is 1. The molecule has 7 nitrogen and oxygen atoms in total. The van der Waals surface area contributed by atoms with Gasteiger partial charge in [0.25, 0.3) is 5.91 Å². The van der Waals surface area contributed by atoms with Crippen LogP contribution in [0.25, 0.3) is 6.08 Å². The predicted octanol–water partition coefficient (Wildman–Crippen LogP) is 5.21. The average Bonchev–Trinajstić information content (AvgIpc) is 3.50. The number of amidine groups is 1. The summed E-state index contributed by atoms with van der Waals surface area (Å²) >= 11 is 2.67. The highest BCUT2D eigenvalue weighted by Gasteiger charge is 2.32. The first-order valence-corrected chi connectivity index (χ1v) is 13.1. The molecule has 2 aromatic carbocycles. The highest BCUT2D eigenvalue weighted by Crippen LogP contribution is 2.31. The van der Waals surface area contributed by atoms with Crippen molar-refractivity contribution < 1.29 is 23.1 Å². The number of nitrogens with one attached hydrogen (secondary N) is 1. The molecule has 0 fully saturated rings.